The first-order chi connectivity index (χ1) is 14.7. The highest BCUT2D eigenvalue weighted by Gasteiger charge is 2.36. The van der Waals surface area contributed by atoms with E-state index in [9.17, 15) is 9.59 Å². The molecule has 1 saturated heterocycles. The molecule has 166 valence electrons. The number of nitrogens with one attached hydrogen (secondary N) is 1. The molecule has 1 aliphatic heterocycles. The Morgan fingerprint density at radius 3 is 2.52 bits per heavy atom. The number of aromatic amines is 1. The van der Waals surface area contributed by atoms with Crippen LogP contribution in [0.2, 0.25) is 0 Å². The minimum atomic E-state index is -0.516. The lowest BCUT2D eigenvalue weighted by Gasteiger charge is -2.33. The topological polar surface area (TPSA) is 84.5 Å². The third kappa shape index (κ3) is 4.60. The Labute approximate surface area is 183 Å². The lowest BCUT2D eigenvalue weighted by molar-refractivity contribution is -0.148. The Morgan fingerprint density at radius 1 is 1.16 bits per heavy atom. The number of imidazole rings is 1. The van der Waals surface area contributed by atoms with Gasteiger partial charge in [-0.2, -0.15) is 0 Å². The number of amides is 1. The summed E-state index contributed by atoms with van der Waals surface area (Å²) >= 11 is 0. The SMILES string of the molecule is COC(=O)C1CC(c2ccc(-c3c[nH]c([C@@H]4CCCN4C(=O)OC(C)(C)C)n3)cc2)C1. The number of carbonyl (C=O) groups is 2. The van der Waals surface area contributed by atoms with Gasteiger partial charge in [-0.15, -0.1) is 0 Å². The predicted molar refractivity (Wildman–Crippen MR) is 116 cm³/mol. The fourth-order valence-corrected chi connectivity index (χ4v) is 4.42. The second kappa shape index (κ2) is 8.36. The monoisotopic (exact) mass is 425 g/mol. The van der Waals surface area contributed by atoms with Crippen molar-refractivity contribution in [3.05, 3.63) is 41.9 Å². The summed E-state index contributed by atoms with van der Waals surface area (Å²) in [6.45, 7) is 6.32. The van der Waals surface area contributed by atoms with E-state index >= 15 is 0 Å². The van der Waals surface area contributed by atoms with Crippen LogP contribution in [0, 0.1) is 5.92 Å². The number of nitrogens with zero attached hydrogens (tertiary/aromatic N) is 2. The maximum Gasteiger partial charge on any atom is 0.410 e. The number of methoxy groups -OCH3 is 1. The van der Waals surface area contributed by atoms with Crippen molar-refractivity contribution in [2.24, 2.45) is 5.92 Å². The van der Waals surface area contributed by atoms with E-state index in [2.05, 4.69) is 29.2 Å². The van der Waals surface area contributed by atoms with Crippen molar-refractivity contribution in [1.29, 1.82) is 0 Å². The second-order valence-electron chi connectivity index (χ2n) is 9.51. The van der Waals surface area contributed by atoms with Gasteiger partial charge in [0.05, 0.1) is 24.8 Å². The van der Waals surface area contributed by atoms with Gasteiger partial charge >= 0.3 is 12.1 Å². The number of carbonyl (C=O) groups excluding carboxylic acids is 2. The Balaban J connectivity index is 1.42. The summed E-state index contributed by atoms with van der Waals surface area (Å²) in [6, 6.07) is 8.28. The highest BCUT2D eigenvalue weighted by atomic mass is 16.6. The molecule has 31 heavy (non-hydrogen) atoms. The van der Waals surface area contributed by atoms with E-state index in [-0.39, 0.29) is 24.0 Å². The maximum absolute atomic E-state index is 12.6. The third-order valence-electron chi connectivity index (χ3n) is 6.14. The van der Waals surface area contributed by atoms with Gasteiger partial charge in [0.1, 0.15) is 11.4 Å². The predicted octanol–water partition coefficient (Wildman–Crippen LogP) is 4.82. The van der Waals surface area contributed by atoms with Crippen LogP contribution in [-0.4, -0.2) is 46.2 Å². The number of esters is 1. The molecule has 1 aliphatic carbocycles. The van der Waals surface area contributed by atoms with Gasteiger partial charge in [-0.25, -0.2) is 9.78 Å². The summed E-state index contributed by atoms with van der Waals surface area (Å²) < 4.78 is 10.4. The fraction of sp³-hybridized carbons (Fsp3) is 0.542. The zero-order valence-electron chi connectivity index (χ0n) is 18.7. The molecule has 0 spiro atoms. The number of aromatic nitrogens is 2. The number of rotatable bonds is 4. The van der Waals surface area contributed by atoms with Crippen LogP contribution in [0.1, 0.15) is 69.8 Å². The van der Waals surface area contributed by atoms with Gasteiger partial charge in [-0.1, -0.05) is 24.3 Å². The van der Waals surface area contributed by atoms with E-state index in [1.165, 1.54) is 12.7 Å². The maximum atomic E-state index is 12.6. The highest BCUT2D eigenvalue weighted by molar-refractivity contribution is 5.74. The normalized spacial score (nSPS) is 23.4. The van der Waals surface area contributed by atoms with E-state index in [1.807, 2.05) is 27.0 Å². The van der Waals surface area contributed by atoms with Gasteiger partial charge in [0, 0.05) is 18.3 Å². The van der Waals surface area contributed by atoms with Crippen molar-refractivity contribution in [2.75, 3.05) is 13.7 Å². The van der Waals surface area contributed by atoms with E-state index in [4.69, 9.17) is 14.5 Å². The summed E-state index contributed by atoms with van der Waals surface area (Å²) in [5.41, 5.74) is 2.61. The van der Waals surface area contributed by atoms with Crippen LogP contribution in [0.25, 0.3) is 11.3 Å². The van der Waals surface area contributed by atoms with Gasteiger partial charge in [0.15, 0.2) is 0 Å². The zero-order chi connectivity index (χ0) is 22.2. The van der Waals surface area contributed by atoms with Crippen LogP contribution in [0.5, 0.6) is 0 Å². The summed E-state index contributed by atoms with van der Waals surface area (Å²) in [7, 11) is 1.45. The minimum absolute atomic E-state index is 0.0305. The lowest BCUT2D eigenvalue weighted by atomic mass is 9.71. The van der Waals surface area contributed by atoms with Crippen LogP contribution in [0.4, 0.5) is 4.79 Å². The average molecular weight is 426 g/mol. The Hall–Kier alpha value is -2.83. The first-order valence-corrected chi connectivity index (χ1v) is 11.0. The molecule has 0 radical (unpaired) electrons. The molecule has 2 aromatic rings. The standard InChI is InChI=1S/C24H31N3O4/c1-24(2,3)31-23(29)27-11-5-6-20(27)21-25-14-19(26-21)16-9-7-15(8-10-16)17-12-18(13-17)22(28)30-4/h7-10,14,17-18,20H,5-6,11-13H2,1-4H3,(H,25,26)/t17?,18?,20-/m0/s1. The highest BCUT2D eigenvalue weighted by Crippen LogP contribution is 2.42. The third-order valence-corrected chi connectivity index (χ3v) is 6.14. The average Bonchev–Trinajstić information content (AvgIpc) is 3.35. The van der Waals surface area contributed by atoms with Gasteiger partial charge < -0.3 is 14.5 Å². The summed E-state index contributed by atoms with van der Waals surface area (Å²) in [5.74, 6) is 1.13. The zero-order valence-corrected chi connectivity index (χ0v) is 18.7. The number of likely N-dealkylation sites (tertiary alicyclic amines) is 1. The first-order valence-electron chi connectivity index (χ1n) is 11.0. The molecular formula is C24H31N3O4. The number of ether oxygens (including phenoxy) is 2. The van der Waals surface area contributed by atoms with E-state index in [0.717, 1.165) is 42.8 Å². The largest absolute Gasteiger partial charge is 0.469 e. The molecule has 1 aromatic carbocycles. The molecule has 2 heterocycles. The molecule has 1 atom stereocenters. The molecule has 4 rings (SSSR count). The van der Waals surface area contributed by atoms with E-state index in [1.54, 1.807) is 4.90 Å². The van der Waals surface area contributed by atoms with Crippen molar-refractivity contribution in [3.8, 4) is 11.3 Å². The van der Waals surface area contributed by atoms with Crippen molar-refractivity contribution in [2.45, 2.75) is 64.0 Å². The molecular weight excluding hydrogens is 394 g/mol. The summed E-state index contributed by atoms with van der Waals surface area (Å²) in [4.78, 5) is 34.0. The van der Waals surface area contributed by atoms with Crippen molar-refractivity contribution < 1.29 is 19.1 Å². The van der Waals surface area contributed by atoms with Crippen molar-refractivity contribution >= 4 is 12.1 Å². The molecule has 0 bridgehead atoms. The van der Waals surface area contributed by atoms with Gasteiger partial charge in [-0.3, -0.25) is 9.69 Å². The van der Waals surface area contributed by atoms with Crippen LogP contribution in [-0.2, 0) is 14.3 Å². The van der Waals surface area contributed by atoms with E-state index in [0.29, 0.717) is 12.5 Å². The number of hydrogen-bond donors (Lipinski definition) is 1. The molecule has 1 aromatic heterocycles. The molecule has 1 N–H and O–H groups in total. The summed E-state index contributed by atoms with van der Waals surface area (Å²) in [5, 5.41) is 0. The molecule has 1 saturated carbocycles. The molecule has 0 unspecified atom stereocenters. The quantitative estimate of drug-likeness (QED) is 0.710. The van der Waals surface area contributed by atoms with Crippen LogP contribution >= 0.6 is 0 Å². The molecule has 2 aliphatic rings. The molecule has 7 heteroatoms. The van der Waals surface area contributed by atoms with Gasteiger partial charge in [-0.05, 0) is 57.9 Å². The molecule has 7 nitrogen and oxygen atoms in total. The van der Waals surface area contributed by atoms with Crippen LogP contribution in [0.3, 0.4) is 0 Å². The van der Waals surface area contributed by atoms with Gasteiger partial charge in [0.2, 0.25) is 0 Å². The smallest absolute Gasteiger partial charge is 0.410 e. The summed E-state index contributed by atoms with van der Waals surface area (Å²) in [6.07, 6.45) is 5.10. The van der Waals surface area contributed by atoms with Crippen LogP contribution < -0.4 is 0 Å². The van der Waals surface area contributed by atoms with Gasteiger partial charge in [0.25, 0.3) is 0 Å². The van der Waals surface area contributed by atoms with Crippen molar-refractivity contribution in [1.82, 2.24) is 14.9 Å². The number of benzene rings is 1. The Kier molecular flexibility index (Phi) is 5.77. The van der Waals surface area contributed by atoms with Crippen LogP contribution in [0.15, 0.2) is 30.5 Å². The number of hydrogen-bond acceptors (Lipinski definition) is 5. The fourth-order valence-electron chi connectivity index (χ4n) is 4.42. The molecule has 2 fully saturated rings. The van der Waals surface area contributed by atoms with Crippen molar-refractivity contribution in [3.63, 3.8) is 0 Å². The Morgan fingerprint density at radius 2 is 1.87 bits per heavy atom. The minimum Gasteiger partial charge on any atom is -0.469 e. The number of H-pyrrole nitrogens is 1. The Bertz CT molecular complexity index is 938. The second-order valence-corrected chi connectivity index (χ2v) is 9.51. The van der Waals surface area contributed by atoms with E-state index < -0.39 is 5.60 Å². The molecule has 1 amide bonds. The first kappa shape index (κ1) is 21.4. The lowest BCUT2D eigenvalue weighted by Crippen LogP contribution is -2.36.